The number of piperidine rings is 1. The topological polar surface area (TPSA) is 91.0 Å². The van der Waals surface area contributed by atoms with Crippen molar-refractivity contribution in [1.29, 1.82) is 0 Å². The van der Waals surface area contributed by atoms with E-state index in [1.165, 1.54) is 0 Å². The Morgan fingerprint density at radius 3 is 2.72 bits per heavy atom. The fourth-order valence-corrected chi connectivity index (χ4v) is 4.75. The third kappa shape index (κ3) is 4.28. The van der Waals surface area contributed by atoms with Crippen molar-refractivity contribution in [2.45, 2.75) is 23.8 Å². The van der Waals surface area contributed by atoms with Crippen LogP contribution in [0.2, 0.25) is 0 Å². The lowest BCUT2D eigenvalue weighted by Gasteiger charge is -2.33. The number of aromatic nitrogens is 3. The smallest absolute Gasteiger partial charge is 0.243 e. The quantitative estimate of drug-likeness (QED) is 0.664. The number of benzene rings is 1. The van der Waals surface area contributed by atoms with Crippen molar-refractivity contribution in [3.63, 3.8) is 0 Å². The summed E-state index contributed by atoms with van der Waals surface area (Å²) in [7, 11) is -4.18. The first kappa shape index (κ1) is 19.5. The number of rotatable bonds is 5. The van der Waals surface area contributed by atoms with E-state index in [2.05, 4.69) is 19.9 Å². The van der Waals surface area contributed by atoms with Crippen molar-refractivity contribution < 1.29 is 17.2 Å². The second-order valence-electron chi connectivity index (χ2n) is 6.86. The van der Waals surface area contributed by atoms with Gasteiger partial charge in [-0.3, -0.25) is 10.1 Å². The van der Waals surface area contributed by atoms with Crippen LogP contribution in [-0.4, -0.2) is 42.7 Å². The van der Waals surface area contributed by atoms with Gasteiger partial charge in [-0.05, 0) is 43.2 Å². The SMILES string of the molecule is O=S(=O)(N[C@@H]1CCCN(c2cc(-c3ccncc3)[nH]n2)C1)c1cc(F)ccc1F. The molecule has 29 heavy (non-hydrogen) atoms. The Morgan fingerprint density at radius 2 is 1.93 bits per heavy atom. The Labute approximate surface area is 166 Å². The van der Waals surface area contributed by atoms with Crippen LogP contribution < -0.4 is 9.62 Å². The zero-order chi connectivity index (χ0) is 20.4. The molecule has 0 unspecified atom stereocenters. The molecule has 10 heteroatoms. The average molecular weight is 419 g/mol. The molecule has 1 aliphatic rings. The lowest BCUT2D eigenvalue weighted by Crippen LogP contribution is -2.48. The lowest BCUT2D eigenvalue weighted by molar-refractivity contribution is 0.461. The van der Waals surface area contributed by atoms with Crippen LogP contribution in [0, 0.1) is 11.6 Å². The standard InChI is InChI=1S/C19H19F2N5O2S/c20-14-3-4-16(21)18(10-14)29(27,28)25-15-2-1-9-26(12-15)19-11-17(23-24-19)13-5-7-22-8-6-13/h3-8,10-11,15,25H,1-2,9,12H2,(H,23,24)/t15-/m1/s1. The van der Waals surface area contributed by atoms with Gasteiger partial charge in [-0.2, -0.15) is 5.10 Å². The lowest BCUT2D eigenvalue weighted by atomic mass is 10.1. The molecule has 7 nitrogen and oxygen atoms in total. The van der Waals surface area contributed by atoms with E-state index in [4.69, 9.17) is 0 Å². The summed E-state index contributed by atoms with van der Waals surface area (Å²) in [6.45, 7) is 1.09. The van der Waals surface area contributed by atoms with Crippen molar-refractivity contribution in [3.05, 3.63) is 60.4 Å². The zero-order valence-corrected chi connectivity index (χ0v) is 16.2. The van der Waals surface area contributed by atoms with Crippen LogP contribution in [0.4, 0.5) is 14.6 Å². The molecule has 3 heterocycles. The maximum atomic E-state index is 13.9. The molecule has 0 bridgehead atoms. The molecule has 3 aromatic rings. The van der Waals surface area contributed by atoms with Crippen molar-refractivity contribution in [1.82, 2.24) is 19.9 Å². The number of aromatic amines is 1. The van der Waals surface area contributed by atoms with E-state index in [1.807, 2.05) is 23.1 Å². The van der Waals surface area contributed by atoms with E-state index in [0.717, 1.165) is 29.8 Å². The number of nitrogens with one attached hydrogen (secondary N) is 2. The molecule has 1 fully saturated rings. The molecule has 0 radical (unpaired) electrons. The van der Waals surface area contributed by atoms with Gasteiger partial charge in [0.1, 0.15) is 16.5 Å². The summed E-state index contributed by atoms with van der Waals surface area (Å²) >= 11 is 0. The van der Waals surface area contributed by atoms with E-state index in [-0.39, 0.29) is 0 Å². The molecule has 1 aromatic carbocycles. The van der Waals surface area contributed by atoms with Gasteiger partial charge in [0, 0.05) is 43.2 Å². The molecule has 0 amide bonds. The van der Waals surface area contributed by atoms with Gasteiger partial charge in [0.15, 0.2) is 5.82 Å². The van der Waals surface area contributed by atoms with Gasteiger partial charge < -0.3 is 4.90 Å². The van der Waals surface area contributed by atoms with Gasteiger partial charge in [-0.25, -0.2) is 21.9 Å². The highest BCUT2D eigenvalue weighted by Gasteiger charge is 2.28. The van der Waals surface area contributed by atoms with Gasteiger partial charge in [0.05, 0.1) is 5.69 Å². The first-order valence-electron chi connectivity index (χ1n) is 9.10. The third-order valence-corrected chi connectivity index (χ3v) is 6.34. The van der Waals surface area contributed by atoms with Crippen LogP contribution in [0.15, 0.2) is 53.7 Å². The number of pyridine rings is 1. The highest BCUT2D eigenvalue weighted by Crippen LogP contribution is 2.24. The van der Waals surface area contributed by atoms with Crippen LogP contribution in [0.25, 0.3) is 11.3 Å². The largest absolute Gasteiger partial charge is 0.354 e. The van der Waals surface area contributed by atoms with Crippen LogP contribution in [0.3, 0.4) is 0 Å². The minimum Gasteiger partial charge on any atom is -0.354 e. The van der Waals surface area contributed by atoms with Crippen molar-refractivity contribution in [2.75, 3.05) is 18.0 Å². The summed E-state index contributed by atoms with van der Waals surface area (Å²) in [5.74, 6) is -1.10. The molecule has 0 saturated carbocycles. The molecule has 152 valence electrons. The maximum absolute atomic E-state index is 13.9. The summed E-state index contributed by atoms with van der Waals surface area (Å²) in [5, 5.41) is 7.30. The van der Waals surface area contributed by atoms with Gasteiger partial charge in [-0.15, -0.1) is 0 Å². The average Bonchev–Trinajstić information content (AvgIpc) is 3.21. The van der Waals surface area contributed by atoms with Crippen molar-refractivity contribution in [3.8, 4) is 11.3 Å². The van der Waals surface area contributed by atoms with Crippen molar-refractivity contribution >= 4 is 15.8 Å². The molecule has 0 aliphatic carbocycles. The highest BCUT2D eigenvalue weighted by atomic mass is 32.2. The number of halogens is 2. The number of anilines is 1. The molecule has 1 saturated heterocycles. The van der Waals surface area contributed by atoms with Gasteiger partial charge in [0.2, 0.25) is 10.0 Å². The van der Waals surface area contributed by atoms with Crippen LogP contribution >= 0.6 is 0 Å². The van der Waals surface area contributed by atoms with Crippen LogP contribution in [0.5, 0.6) is 0 Å². The number of hydrogen-bond acceptors (Lipinski definition) is 5. The van der Waals surface area contributed by atoms with Crippen molar-refractivity contribution in [2.24, 2.45) is 0 Å². The first-order chi connectivity index (χ1) is 13.9. The number of sulfonamides is 1. The number of nitrogens with zero attached hydrogens (tertiary/aromatic N) is 3. The molecular weight excluding hydrogens is 400 g/mol. The van der Waals surface area contributed by atoms with Gasteiger partial charge in [0.25, 0.3) is 0 Å². The zero-order valence-electron chi connectivity index (χ0n) is 15.3. The first-order valence-corrected chi connectivity index (χ1v) is 10.6. The Bertz CT molecular complexity index is 1100. The van der Waals surface area contributed by atoms with Crippen LogP contribution in [-0.2, 0) is 10.0 Å². The predicted octanol–water partition coefficient (Wildman–Crippen LogP) is 2.70. The third-order valence-electron chi connectivity index (χ3n) is 4.81. The fraction of sp³-hybridized carbons (Fsp3) is 0.263. The Kier molecular flexibility index (Phi) is 5.29. The highest BCUT2D eigenvalue weighted by molar-refractivity contribution is 7.89. The number of H-pyrrole nitrogens is 1. The van der Waals surface area contributed by atoms with E-state index in [1.54, 1.807) is 12.4 Å². The summed E-state index contributed by atoms with van der Waals surface area (Å²) < 4.78 is 54.9. The van der Waals surface area contributed by atoms with Gasteiger partial charge in [-0.1, -0.05) is 0 Å². The summed E-state index contributed by atoms with van der Waals surface area (Å²) in [4.78, 5) is 5.26. The molecule has 4 rings (SSSR count). The predicted molar refractivity (Wildman–Crippen MR) is 104 cm³/mol. The molecule has 1 aliphatic heterocycles. The van der Waals surface area contributed by atoms with E-state index in [0.29, 0.717) is 31.4 Å². The molecule has 0 spiro atoms. The summed E-state index contributed by atoms with van der Waals surface area (Å²) in [5.41, 5.74) is 1.77. The molecular formula is C19H19F2N5O2S. The van der Waals surface area contributed by atoms with Crippen LogP contribution in [0.1, 0.15) is 12.8 Å². The normalized spacial score (nSPS) is 17.4. The minimum atomic E-state index is -4.18. The molecule has 2 aromatic heterocycles. The Morgan fingerprint density at radius 1 is 1.14 bits per heavy atom. The molecule has 1 atom stereocenters. The number of hydrogen-bond donors (Lipinski definition) is 2. The second-order valence-corrected chi connectivity index (χ2v) is 8.54. The van der Waals surface area contributed by atoms with E-state index < -0.39 is 32.6 Å². The molecule has 2 N–H and O–H groups in total. The fourth-order valence-electron chi connectivity index (χ4n) is 3.40. The Hall–Kier alpha value is -2.85. The summed E-state index contributed by atoms with van der Waals surface area (Å²) in [6, 6.07) is 7.54. The Balaban J connectivity index is 1.49. The second kappa shape index (κ2) is 7.88. The van der Waals surface area contributed by atoms with Gasteiger partial charge >= 0.3 is 0 Å². The summed E-state index contributed by atoms with van der Waals surface area (Å²) in [6.07, 6.45) is 4.70. The van der Waals surface area contributed by atoms with E-state index >= 15 is 0 Å². The minimum absolute atomic E-state index is 0.372. The monoisotopic (exact) mass is 419 g/mol. The maximum Gasteiger partial charge on any atom is 0.243 e. The van der Waals surface area contributed by atoms with E-state index in [9.17, 15) is 17.2 Å².